The molecule has 0 bridgehead atoms. The highest BCUT2D eigenvalue weighted by Crippen LogP contribution is 2.25. The van der Waals surface area contributed by atoms with Gasteiger partial charge in [0.2, 0.25) is 0 Å². The molecule has 22 heavy (non-hydrogen) atoms. The SMILES string of the molecule is COc1ccc(-n2cc(C#N)c(C)c2/C=C2\COCO2)cc1. The van der Waals surface area contributed by atoms with E-state index in [9.17, 15) is 5.26 Å². The topological polar surface area (TPSA) is 56.4 Å². The van der Waals surface area contributed by atoms with Gasteiger partial charge in [0.25, 0.3) is 0 Å². The van der Waals surface area contributed by atoms with Gasteiger partial charge < -0.3 is 18.8 Å². The average molecular weight is 296 g/mol. The number of benzene rings is 1. The van der Waals surface area contributed by atoms with Crippen molar-refractivity contribution in [2.75, 3.05) is 20.5 Å². The molecule has 5 heteroatoms. The maximum absolute atomic E-state index is 9.29. The summed E-state index contributed by atoms with van der Waals surface area (Å²) >= 11 is 0. The van der Waals surface area contributed by atoms with Crippen molar-refractivity contribution in [3.8, 4) is 17.5 Å². The predicted molar refractivity (Wildman–Crippen MR) is 81.7 cm³/mol. The number of methoxy groups -OCH3 is 1. The molecule has 1 aliphatic rings. The van der Waals surface area contributed by atoms with E-state index in [-0.39, 0.29) is 6.79 Å². The van der Waals surface area contributed by atoms with Gasteiger partial charge in [-0.05, 0) is 36.8 Å². The highest BCUT2D eigenvalue weighted by molar-refractivity contribution is 5.61. The summed E-state index contributed by atoms with van der Waals surface area (Å²) in [6.45, 7) is 2.66. The molecule has 1 saturated heterocycles. The van der Waals surface area contributed by atoms with Gasteiger partial charge in [-0.2, -0.15) is 5.26 Å². The fourth-order valence-corrected chi connectivity index (χ4v) is 2.40. The minimum atomic E-state index is 0.277. The molecule has 0 amide bonds. The summed E-state index contributed by atoms with van der Waals surface area (Å²) in [5, 5.41) is 9.29. The van der Waals surface area contributed by atoms with E-state index < -0.39 is 0 Å². The fraction of sp³-hybridized carbons (Fsp3) is 0.235. The molecule has 5 nitrogen and oxygen atoms in total. The molecule has 1 aromatic heterocycles. The van der Waals surface area contributed by atoms with Crippen molar-refractivity contribution in [1.29, 1.82) is 5.26 Å². The zero-order valence-electron chi connectivity index (χ0n) is 12.5. The highest BCUT2D eigenvalue weighted by Gasteiger charge is 2.15. The molecular weight excluding hydrogens is 280 g/mol. The van der Waals surface area contributed by atoms with Crippen molar-refractivity contribution in [3.63, 3.8) is 0 Å². The molecule has 2 aromatic rings. The second kappa shape index (κ2) is 5.96. The van der Waals surface area contributed by atoms with Crippen molar-refractivity contribution >= 4 is 6.08 Å². The molecule has 2 heterocycles. The zero-order valence-corrected chi connectivity index (χ0v) is 12.5. The molecule has 0 spiro atoms. The van der Waals surface area contributed by atoms with Crippen LogP contribution in [-0.2, 0) is 9.47 Å². The Labute approximate surface area is 129 Å². The molecule has 0 radical (unpaired) electrons. The van der Waals surface area contributed by atoms with Crippen LogP contribution in [0, 0.1) is 18.3 Å². The van der Waals surface area contributed by atoms with E-state index in [1.165, 1.54) is 0 Å². The standard InChI is InChI=1S/C17H16N2O3/c1-12-13(8-18)9-19(14-3-5-15(20-2)6-4-14)17(12)7-16-10-21-11-22-16/h3-7,9H,10-11H2,1-2H3/b16-7+. The Hall–Kier alpha value is -2.71. The van der Waals surface area contributed by atoms with Gasteiger partial charge in [0, 0.05) is 18.0 Å². The van der Waals surface area contributed by atoms with Crippen molar-refractivity contribution < 1.29 is 14.2 Å². The van der Waals surface area contributed by atoms with Crippen LogP contribution >= 0.6 is 0 Å². The second-order valence-corrected chi connectivity index (χ2v) is 4.95. The van der Waals surface area contributed by atoms with Crippen LogP contribution in [0.3, 0.4) is 0 Å². The molecular formula is C17H16N2O3. The third-order valence-electron chi connectivity index (χ3n) is 3.65. The van der Waals surface area contributed by atoms with E-state index in [1.807, 2.05) is 48.0 Å². The summed E-state index contributed by atoms with van der Waals surface area (Å²) in [7, 11) is 1.63. The van der Waals surface area contributed by atoms with E-state index in [2.05, 4.69) is 6.07 Å². The van der Waals surface area contributed by atoms with Crippen molar-refractivity contribution in [2.24, 2.45) is 0 Å². The van der Waals surface area contributed by atoms with Gasteiger partial charge in [-0.25, -0.2) is 0 Å². The summed E-state index contributed by atoms with van der Waals surface area (Å²) in [5.74, 6) is 1.56. The van der Waals surface area contributed by atoms with Crippen LogP contribution in [0.2, 0.25) is 0 Å². The first kappa shape index (κ1) is 14.2. The summed E-state index contributed by atoms with van der Waals surface area (Å²) in [6.07, 6.45) is 3.76. The lowest BCUT2D eigenvalue weighted by molar-refractivity contribution is 0.0804. The molecule has 1 fully saturated rings. The Morgan fingerprint density at radius 1 is 1.32 bits per heavy atom. The van der Waals surface area contributed by atoms with Crippen molar-refractivity contribution in [2.45, 2.75) is 6.92 Å². The van der Waals surface area contributed by atoms with Gasteiger partial charge in [0.05, 0.1) is 18.4 Å². The van der Waals surface area contributed by atoms with Gasteiger partial charge in [-0.15, -0.1) is 0 Å². The largest absolute Gasteiger partial charge is 0.497 e. The van der Waals surface area contributed by atoms with E-state index in [0.29, 0.717) is 12.2 Å². The van der Waals surface area contributed by atoms with Gasteiger partial charge in [0.15, 0.2) is 6.79 Å². The molecule has 0 atom stereocenters. The van der Waals surface area contributed by atoms with Crippen LogP contribution in [-0.4, -0.2) is 25.1 Å². The summed E-state index contributed by atoms with van der Waals surface area (Å²) in [5.41, 5.74) is 3.43. The van der Waals surface area contributed by atoms with Crippen molar-refractivity contribution in [3.05, 3.63) is 53.0 Å². The first-order valence-electron chi connectivity index (χ1n) is 6.90. The van der Waals surface area contributed by atoms with Gasteiger partial charge in [-0.1, -0.05) is 0 Å². The first-order valence-corrected chi connectivity index (χ1v) is 6.90. The van der Waals surface area contributed by atoms with Gasteiger partial charge in [0.1, 0.15) is 24.2 Å². The van der Waals surface area contributed by atoms with E-state index in [4.69, 9.17) is 14.2 Å². The molecule has 3 rings (SSSR count). The quantitative estimate of drug-likeness (QED) is 0.873. The Kier molecular flexibility index (Phi) is 3.86. The molecule has 0 saturated carbocycles. The van der Waals surface area contributed by atoms with Crippen LogP contribution in [0.5, 0.6) is 5.75 Å². The van der Waals surface area contributed by atoms with E-state index in [0.717, 1.165) is 28.5 Å². The second-order valence-electron chi connectivity index (χ2n) is 4.95. The average Bonchev–Trinajstić information content (AvgIpc) is 3.17. The molecule has 0 N–H and O–H groups in total. The Bertz CT molecular complexity index is 743. The number of ether oxygens (including phenoxy) is 3. The number of hydrogen-bond acceptors (Lipinski definition) is 4. The smallest absolute Gasteiger partial charge is 0.189 e. The maximum atomic E-state index is 9.29. The number of nitrogens with zero attached hydrogens (tertiary/aromatic N) is 2. The lowest BCUT2D eigenvalue weighted by Crippen LogP contribution is -1.97. The monoisotopic (exact) mass is 296 g/mol. The third-order valence-corrected chi connectivity index (χ3v) is 3.65. The van der Waals surface area contributed by atoms with Crippen LogP contribution in [0.1, 0.15) is 16.8 Å². The van der Waals surface area contributed by atoms with Crippen LogP contribution < -0.4 is 4.74 Å². The number of hydrogen-bond donors (Lipinski definition) is 0. The number of nitriles is 1. The molecule has 1 aromatic carbocycles. The normalized spacial score (nSPS) is 15.6. The lowest BCUT2D eigenvalue weighted by Gasteiger charge is -2.09. The van der Waals surface area contributed by atoms with Crippen LogP contribution in [0.25, 0.3) is 11.8 Å². The van der Waals surface area contributed by atoms with Crippen molar-refractivity contribution in [1.82, 2.24) is 4.57 Å². The predicted octanol–water partition coefficient (Wildman–Crippen LogP) is 3.01. The Morgan fingerprint density at radius 2 is 2.09 bits per heavy atom. The third kappa shape index (κ3) is 2.57. The first-order chi connectivity index (χ1) is 10.7. The van der Waals surface area contributed by atoms with E-state index >= 15 is 0 Å². The highest BCUT2D eigenvalue weighted by atomic mass is 16.7. The van der Waals surface area contributed by atoms with E-state index in [1.54, 1.807) is 7.11 Å². The van der Waals surface area contributed by atoms with Gasteiger partial charge in [-0.3, -0.25) is 0 Å². The van der Waals surface area contributed by atoms with Crippen LogP contribution in [0.15, 0.2) is 36.2 Å². The number of rotatable bonds is 3. The summed E-state index contributed by atoms with van der Waals surface area (Å²) in [4.78, 5) is 0. The van der Waals surface area contributed by atoms with Gasteiger partial charge >= 0.3 is 0 Å². The maximum Gasteiger partial charge on any atom is 0.189 e. The number of aromatic nitrogens is 1. The summed E-state index contributed by atoms with van der Waals surface area (Å²) < 4.78 is 17.8. The molecule has 112 valence electrons. The zero-order chi connectivity index (χ0) is 15.5. The Balaban J connectivity index is 2.09. The lowest BCUT2D eigenvalue weighted by atomic mass is 10.1. The molecule has 1 aliphatic heterocycles. The minimum absolute atomic E-state index is 0.277. The Morgan fingerprint density at radius 3 is 2.68 bits per heavy atom. The molecule has 0 unspecified atom stereocenters. The summed E-state index contributed by atoms with van der Waals surface area (Å²) in [6, 6.07) is 9.91. The fourth-order valence-electron chi connectivity index (χ4n) is 2.40. The molecule has 0 aliphatic carbocycles. The minimum Gasteiger partial charge on any atom is -0.497 e. The van der Waals surface area contributed by atoms with Crippen LogP contribution in [0.4, 0.5) is 0 Å².